The smallest absolute Gasteiger partial charge is 0.222 e. The Kier molecular flexibility index (Phi) is 4.10. The Bertz CT molecular complexity index is 596. The highest BCUT2D eigenvalue weighted by molar-refractivity contribution is 7.22. The van der Waals surface area contributed by atoms with E-state index in [1.165, 1.54) is 4.70 Å². The minimum absolute atomic E-state index is 0.286. The van der Waals surface area contributed by atoms with Crippen LogP contribution in [0.25, 0.3) is 10.2 Å². The van der Waals surface area contributed by atoms with Crippen molar-refractivity contribution in [2.45, 2.75) is 20.3 Å². The van der Waals surface area contributed by atoms with E-state index in [9.17, 15) is 4.79 Å². The van der Waals surface area contributed by atoms with Crippen LogP contribution in [0.3, 0.4) is 0 Å². The van der Waals surface area contributed by atoms with Crippen molar-refractivity contribution >= 4 is 32.6 Å². The molecule has 2 aromatic rings. The first-order chi connectivity index (χ1) is 10.1. The van der Waals surface area contributed by atoms with Gasteiger partial charge in [0.15, 0.2) is 5.13 Å². The number of carbonyl (C=O) groups excluding carboxylic acids is 1. The van der Waals surface area contributed by atoms with Crippen molar-refractivity contribution in [1.29, 1.82) is 0 Å². The van der Waals surface area contributed by atoms with Gasteiger partial charge >= 0.3 is 0 Å². The second kappa shape index (κ2) is 6.02. The van der Waals surface area contributed by atoms with E-state index in [2.05, 4.69) is 30.9 Å². The molecular weight excluding hydrogens is 282 g/mol. The summed E-state index contributed by atoms with van der Waals surface area (Å²) in [6, 6.07) is 8.23. The number of amides is 1. The molecule has 21 heavy (non-hydrogen) atoms. The standard InChI is InChI=1S/C16H21N3OS/c1-12(2)11-15(20)18-7-9-19(10-8-18)16-17-13-5-3-4-6-14(13)21-16/h3-6,12H,7-11H2,1-2H3. The van der Waals surface area contributed by atoms with Crippen LogP contribution >= 0.6 is 11.3 Å². The van der Waals surface area contributed by atoms with Crippen LogP contribution < -0.4 is 4.90 Å². The van der Waals surface area contributed by atoms with Gasteiger partial charge in [-0.05, 0) is 18.1 Å². The Hall–Kier alpha value is -1.62. The summed E-state index contributed by atoms with van der Waals surface area (Å²) >= 11 is 1.74. The fraction of sp³-hybridized carbons (Fsp3) is 0.500. The summed E-state index contributed by atoms with van der Waals surface area (Å²) in [5.74, 6) is 0.716. The summed E-state index contributed by atoms with van der Waals surface area (Å²) in [5, 5.41) is 1.08. The fourth-order valence-corrected chi connectivity index (χ4v) is 3.64. The van der Waals surface area contributed by atoms with Gasteiger partial charge < -0.3 is 9.80 Å². The molecule has 2 heterocycles. The number of aromatic nitrogens is 1. The molecule has 0 saturated carbocycles. The number of nitrogens with zero attached hydrogens (tertiary/aromatic N) is 3. The van der Waals surface area contributed by atoms with Crippen LogP contribution in [0.5, 0.6) is 0 Å². The number of para-hydroxylation sites is 1. The number of hydrogen-bond donors (Lipinski definition) is 0. The van der Waals surface area contributed by atoms with Gasteiger partial charge in [-0.3, -0.25) is 4.79 Å². The molecule has 4 nitrogen and oxygen atoms in total. The molecule has 0 spiro atoms. The van der Waals surface area contributed by atoms with Gasteiger partial charge in [0.2, 0.25) is 5.91 Å². The molecule has 0 unspecified atom stereocenters. The Balaban J connectivity index is 1.64. The highest BCUT2D eigenvalue weighted by atomic mass is 32.1. The summed E-state index contributed by atoms with van der Waals surface area (Å²) in [6.07, 6.45) is 0.654. The zero-order chi connectivity index (χ0) is 14.8. The first-order valence-electron chi connectivity index (χ1n) is 7.52. The lowest BCUT2D eigenvalue weighted by molar-refractivity contribution is -0.132. The van der Waals surface area contributed by atoms with Crippen molar-refractivity contribution < 1.29 is 4.79 Å². The molecule has 1 saturated heterocycles. The van der Waals surface area contributed by atoms with Gasteiger partial charge in [-0.1, -0.05) is 37.3 Å². The molecule has 0 radical (unpaired) electrons. The number of rotatable bonds is 3. The lowest BCUT2D eigenvalue weighted by Gasteiger charge is -2.34. The predicted molar refractivity (Wildman–Crippen MR) is 87.9 cm³/mol. The average Bonchev–Trinajstić information content (AvgIpc) is 2.90. The van der Waals surface area contributed by atoms with Crippen LogP contribution in [0, 0.1) is 5.92 Å². The van der Waals surface area contributed by atoms with E-state index >= 15 is 0 Å². The summed E-state index contributed by atoms with van der Waals surface area (Å²) in [6.45, 7) is 7.56. The van der Waals surface area contributed by atoms with Crippen LogP contribution in [0.15, 0.2) is 24.3 Å². The van der Waals surface area contributed by atoms with Gasteiger partial charge in [0.1, 0.15) is 0 Å². The predicted octanol–water partition coefficient (Wildman–Crippen LogP) is 2.99. The minimum Gasteiger partial charge on any atom is -0.345 e. The first kappa shape index (κ1) is 14.3. The number of fused-ring (bicyclic) bond motifs is 1. The molecule has 0 atom stereocenters. The van der Waals surface area contributed by atoms with Crippen LogP contribution in [-0.2, 0) is 4.79 Å². The first-order valence-corrected chi connectivity index (χ1v) is 8.33. The lowest BCUT2D eigenvalue weighted by atomic mass is 10.1. The van der Waals surface area contributed by atoms with Gasteiger partial charge in [0, 0.05) is 32.6 Å². The molecule has 1 aromatic heterocycles. The van der Waals surface area contributed by atoms with Gasteiger partial charge in [-0.2, -0.15) is 0 Å². The number of benzene rings is 1. The van der Waals surface area contributed by atoms with Crippen molar-refractivity contribution in [1.82, 2.24) is 9.88 Å². The van der Waals surface area contributed by atoms with Crippen LogP contribution in [0.1, 0.15) is 20.3 Å². The zero-order valence-electron chi connectivity index (χ0n) is 12.6. The van der Waals surface area contributed by atoms with Gasteiger partial charge in [-0.25, -0.2) is 4.98 Å². The molecule has 1 aliphatic rings. The third kappa shape index (κ3) is 3.18. The number of carbonyl (C=O) groups is 1. The molecule has 3 rings (SSSR count). The Labute approximate surface area is 129 Å². The van der Waals surface area contributed by atoms with E-state index in [0.717, 1.165) is 36.8 Å². The number of hydrogen-bond acceptors (Lipinski definition) is 4. The number of thiazole rings is 1. The fourth-order valence-electron chi connectivity index (χ4n) is 2.62. The molecule has 0 aliphatic carbocycles. The van der Waals surface area contributed by atoms with Gasteiger partial charge in [-0.15, -0.1) is 0 Å². The van der Waals surface area contributed by atoms with E-state index in [4.69, 9.17) is 4.98 Å². The zero-order valence-corrected chi connectivity index (χ0v) is 13.4. The van der Waals surface area contributed by atoms with Crippen molar-refractivity contribution in [2.24, 2.45) is 5.92 Å². The largest absolute Gasteiger partial charge is 0.345 e. The summed E-state index contributed by atoms with van der Waals surface area (Å²) < 4.78 is 1.23. The van der Waals surface area contributed by atoms with E-state index in [-0.39, 0.29) is 5.91 Å². The Morgan fingerprint density at radius 1 is 1.24 bits per heavy atom. The SMILES string of the molecule is CC(C)CC(=O)N1CCN(c2nc3ccccc3s2)CC1. The second-order valence-corrected chi connectivity index (χ2v) is 6.94. The highest BCUT2D eigenvalue weighted by Gasteiger charge is 2.23. The van der Waals surface area contributed by atoms with Gasteiger partial charge in [0.05, 0.1) is 10.2 Å². The maximum Gasteiger partial charge on any atom is 0.222 e. The normalized spacial score (nSPS) is 16.0. The second-order valence-electron chi connectivity index (χ2n) is 5.93. The minimum atomic E-state index is 0.286. The summed E-state index contributed by atoms with van der Waals surface area (Å²) in [4.78, 5) is 21.1. The molecule has 0 N–H and O–H groups in total. The monoisotopic (exact) mass is 303 g/mol. The van der Waals surface area contributed by atoms with E-state index in [0.29, 0.717) is 12.3 Å². The third-order valence-corrected chi connectivity index (χ3v) is 4.87. The Morgan fingerprint density at radius 2 is 1.95 bits per heavy atom. The van der Waals surface area contributed by atoms with E-state index < -0.39 is 0 Å². The Morgan fingerprint density at radius 3 is 2.62 bits per heavy atom. The van der Waals surface area contributed by atoms with Crippen molar-refractivity contribution in [3.05, 3.63) is 24.3 Å². The average molecular weight is 303 g/mol. The molecule has 1 amide bonds. The van der Waals surface area contributed by atoms with Crippen LogP contribution in [-0.4, -0.2) is 42.0 Å². The summed E-state index contributed by atoms with van der Waals surface area (Å²) in [7, 11) is 0. The molecule has 0 bridgehead atoms. The molecule has 1 aliphatic heterocycles. The van der Waals surface area contributed by atoms with E-state index in [1.54, 1.807) is 11.3 Å². The van der Waals surface area contributed by atoms with Crippen LogP contribution in [0.2, 0.25) is 0 Å². The third-order valence-electron chi connectivity index (χ3n) is 3.77. The molecule has 1 aromatic carbocycles. The molecule has 112 valence electrons. The van der Waals surface area contributed by atoms with Crippen molar-refractivity contribution in [3.63, 3.8) is 0 Å². The quantitative estimate of drug-likeness (QED) is 0.874. The van der Waals surface area contributed by atoms with E-state index in [1.807, 2.05) is 17.0 Å². The number of piperazine rings is 1. The topological polar surface area (TPSA) is 36.4 Å². The summed E-state index contributed by atoms with van der Waals surface area (Å²) in [5.41, 5.74) is 1.07. The lowest BCUT2D eigenvalue weighted by Crippen LogP contribution is -2.49. The van der Waals surface area contributed by atoms with Crippen molar-refractivity contribution in [2.75, 3.05) is 31.1 Å². The molecule has 5 heteroatoms. The highest BCUT2D eigenvalue weighted by Crippen LogP contribution is 2.29. The van der Waals surface area contributed by atoms with Gasteiger partial charge in [0.25, 0.3) is 0 Å². The maximum atomic E-state index is 12.1. The molecule has 1 fully saturated rings. The van der Waals surface area contributed by atoms with Crippen molar-refractivity contribution in [3.8, 4) is 0 Å². The van der Waals surface area contributed by atoms with Crippen LogP contribution in [0.4, 0.5) is 5.13 Å². The maximum absolute atomic E-state index is 12.1. The molecular formula is C16H21N3OS. The number of anilines is 1.